The quantitative estimate of drug-likeness (QED) is 0.326. The molecule has 0 bridgehead atoms. The molecule has 0 unspecified atom stereocenters. The number of rotatable bonds is 5. The van der Waals surface area contributed by atoms with Gasteiger partial charge in [0.2, 0.25) is 0 Å². The van der Waals surface area contributed by atoms with Crippen molar-refractivity contribution >= 4 is 72.8 Å². The first-order chi connectivity index (χ1) is 15.1. The minimum Gasteiger partial charge on any atom is -0.390 e. The van der Waals surface area contributed by atoms with E-state index in [-0.39, 0.29) is 0 Å². The Morgan fingerprint density at radius 2 is 1.48 bits per heavy atom. The van der Waals surface area contributed by atoms with E-state index >= 15 is 0 Å². The van der Waals surface area contributed by atoms with Crippen LogP contribution in [0.25, 0.3) is 21.8 Å². The number of piperazine rings is 1. The van der Waals surface area contributed by atoms with Gasteiger partial charge in [-0.05, 0) is 93.7 Å². The molecule has 2 aromatic heterocycles. The van der Waals surface area contributed by atoms with Gasteiger partial charge in [-0.3, -0.25) is 4.90 Å². The van der Waals surface area contributed by atoms with Crippen LogP contribution in [0.2, 0.25) is 0 Å². The number of aliphatic hydroxyl groups is 1. The standard InChI is InChI=1S/C24H24I2N4O/c25-17-4-6-22-20(13-17)21-14-18(26)5-7-23(21)30(22)16-19(31)15-28-9-11-29(12-10-28)24-3-1-2-8-27-24/h1-8,13-14,19,31H,9-12,15-16H2/t19-/m0/s1. The molecule has 4 aromatic rings. The van der Waals surface area contributed by atoms with Crippen LogP contribution >= 0.6 is 45.2 Å². The second kappa shape index (κ2) is 9.21. The Morgan fingerprint density at radius 1 is 0.839 bits per heavy atom. The summed E-state index contributed by atoms with van der Waals surface area (Å²) in [5.74, 6) is 1.04. The minimum atomic E-state index is -0.418. The number of anilines is 1. The predicted molar refractivity (Wildman–Crippen MR) is 144 cm³/mol. The monoisotopic (exact) mass is 638 g/mol. The third-order valence-electron chi connectivity index (χ3n) is 6.00. The van der Waals surface area contributed by atoms with E-state index in [0.717, 1.165) is 32.0 Å². The van der Waals surface area contributed by atoms with E-state index in [1.54, 1.807) is 0 Å². The summed E-state index contributed by atoms with van der Waals surface area (Å²) < 4.78 is 4.75. The molecule has 1 fully saturated rings. The third-order valence-corrected chi connectivity index (χ3v) is 7.34. The van der Waals surface area contributed by atoms with Crippen LogP contribution in [0, 0.1) is 7.14 Å². The Hall–Kier alpha value is -1.43. The molecule has 0 amide bonds. The van der Waals surface area contributed by atoms with Crippen molar-refractivity contribution in [3.8, 4) is 0 Å². The number of β-amino-alcohol motifs (C(OH)–C–C–N with tert-alkyl or cyclic N) is 1. The van der Waals surface area contributed by atoms with Crippen molar-refractivity contribution in [1.29, 1.82) is 0 Å². The first kappa shape index (κ1) is 21.4. The molecule has 0 saturated carbocycles. The molecule has 1 saturated heterocycles. The van der Waals surface area contributed by atoms with Gasteiger partial charge in [0.1, 0.15) is 5.82 Å². The van der Waals surface area contributed by atoms with Gasteiger partial charge >= 0.3 is 0 Å². The van der Waals surface area contributed by atoms with Gasteiger partial charge in [0.25, 0.3) is 0 Å². The predicted octanol–water partition coefficient (Wildman–Crippen LogP) is 4.58. The first-order valence-electron chi connectivity index (χ1n) is 10.5. The number of hydrogen-bond donors (Lipinski definition) is 1. The molecule has 2 aromatic carbocycles. The van der Waals surface area contributed by atoms with E-state index in [2.05, 4.69) is 107 Å². The number of aliphatic hydroxyl groups excluding tert-OH is 1. The summed E-state index contributed by atoms with van der Waals surface area (Å²) >= 11 is 4.74. The molecule has 160 valence electrons. The molecule has 1 N–H and O–H groups in total. The SMILES string of the molecule is O[C@@H](CN1CCN(c2ccccn2)CC1)Cn1c2ccc(I)cc2c2cc(I)ccc21. The highest BCUT2D eigenvalue weighted by Gasteiger charge is 2.21. The highest BCUT2D eigenvalue weighted by molar-refractivity contribution is 14.1. The summed E-state index contributed by atoms with van der Waals surface area (Å²) in [5, 5.41) is 13.5. The maximum atomic E-state index is 11.0. The Balaban J connectivity index is 1.31. The van der Waals surface area contributed by atoms with Crippen LogP contribution in [0.3, 0.4) is 0 Å². The maximum absolute atomic E-state index is 11.0. The molecule has 7 heteroatoms. The minimum absolute atomic E-state index is 0.418. The van der Waals surface area contributed by atoms with E-state index in [0.29, 0.717) is 13.1 Å². The second-order valence-electron chi connectivity index (χ2n) is 8.06. The van der Waals surface area contributed by atoms with E-state index < -0.39 is 6.10 Å². The molecule has 0 aliphatic carbocycles. The molecule has 31 heavy (non-hydrogen) atoms. The average Bonchev–Trinajstić information content (AvgIpc) is 3.07. The smallest absolute Gasteiger partial charge is 0.128 e. The molecule has 5 rings (SSSR count). The lowest BCUT2D eigenvalue weighted by atomic mass is 10.2. The lowest BCUT2D eigenvalue weighted by molar-refractivity contribution is 0.0968. The molecule has 3 heterocycles. The third kappa shape index (κ3) is 4.55. The molecule has 5 nitrogen and oxygen atoms in total. The lowest BCUT2D eigenvalue weighted by Gasteiger charge is -2.36. The van der Waals surface area contributed by atoms with Gasteiger partial charge in [0.15, 0.2) is 0 Å². The van der Waals surface area contributed by atoms with Gasteiger partial charge in [0.05, 0.1) is 12.6 Å². The van der Waals surface area contributed by atoms with E-state index in [9.17, 15) is 5.11 Å². The van der Waals surface area contributed by atoms with Crippen molar-refractivity contribution in [2.45, 2.75) is 12.6 Å². The number of fused-ring (bicyclic) bond motifs is 3. The van der Waals surface area contributed by atoms with Gasteiger partial charge in [-0.2, -0.15) is 0 Å². The fourth-order valence-corrected chi connectivity index (χ4v) is 5.49. The van der Waals surface area contributed by atoms with Gasteiger partial charge in [-0.1, -0.05) is 6.07 Å². The maximum Gasteiger partial charge on any atom is 0.128 e. The zero-order valence-electron chi connectivity index (χ0n) is 17.1. The van der Waals surface area contributed by atoms with Crippen molar-refractivity contribution in [3.05, 3.63) is 67.9 Å². The van der Waals surface area contributed by atoms with Crippen LogP contribution in [0.15, 0.2) is 60.8 Å². The number of aromatic nitrogens is 2. The Labute approximate surface area is 209 Å². The van der Waals surface area contributed by atoms with Gasteiger partial charge in [-0.15, -0.1) is 0 Å². The molecule has 1 aliphatic rings. The van der Waals surface area contributed by atoms with Gasteiger partial charge in [-0.25, -0.2) is 4.98 Å². The zero-order chi connectivity index (χ0) is 21.4. The summed E-state index contributed by atoms with van der Waals surface area (Å²) in [6, 6.07) is 19.2. The number of nitrogens with zero attached hydrogens (tertiary/aromatic N) is 4. The fraction of sp³-hybridized carbons (Fsp3) is 0.292. The van der Waals surface area contributed by atoms with Crippen LogP contribution in [0.1, 0.15) is 0 Å². The Bertz CT molecular complexity index is 1140. The van der Waals surface area contributed by atoms with Crippen molar-refractivity contribution in [1.82, 2.24) is 14.5 Å². The molecule has 0 radical (unpaired) electrons. The first-order valence-corrected chi connectivity index (χ1v) is 12.7. The molecule has 0 spiro atoms. The van der Waals surface area contributed by atoms with Crippen LogP contribution < -0.4 is 4.90 Å². The lowest BCUT2D eigenvalue weighted by Crippen LogP contribution is -2.49. The van der Waals surface area contributed by atoms with Gasteiger partial charge in [0, 0.05) is 67.9 Å². The fourth-order valence-electron chi connectivity index (χ4n) is 4.51. The summed E-state index contributed by atoms with van der Waals surface area (Å²) in [6.45, 7) is 5.05. The largest absolute Gasteiger partial charge is 0.390 e. The Morgan fingerprint density at radius 3 is 2.06 bits per heavy atom. The topological polar surface area (TPSA) is 44.5 Å². The van der Waals surface area contributed by atoms with E-state index in [4.69, 9.17) is 0 Å². The number of halogens is 2. The number of benzene rings is 2. The highest BCUT2D eigenvalue weighted by Crippen LogP contribution is 2.31. The Kier molecular flexibility index (Phi) is 6.36. The van der Waals surface area contributed by atoms with Crippen molar-refractivity contribution in [2.24, 2.45) is 0 Å². The summed E-state index contributed by atoms with van der Waals surface area (Å²) in [6.07, 6.45) is 1.43. The van der Waals surface area contributed by atoms with Crippen LogP contribution in [-0.2, 0) is 6.54 Å². The van der Waals surface area contributed by atoms with Crippen LogP contribution in [0.4, 0.5) is 5.82 Å². The van der Waals surface area contributed by atoms with Crippen molar-refractivity contribution < 1.29 is 5.11 Å². The van der Waals surface area contributed by atoms with Crippen LogP contribution in [-0.4, -0.2) is 58.4 Å². The van der Waals surface area contributed by atoms with E-state index in [1.165, 1.54) is 28.9 Å². The molecular formula is C24H24I2N4O. The average molecular weight is 638 g/mol. The summed E-state index contributed by atoms with van der Waals surface area (Å²) in [4.78, 5) is 9.15. The highest BCUT2D eigenvalue weighted by atomic mass is 127. The normalized spacial score (nSPS) is 16.3. The summed E-state index contributed by atoms with van der Waals surface area (Å²) in [7, 11) is 0. The zero-order valence-corrected chi connectivity index (χ0v) is 21.4. The second-order valence-corrected chi connectivity index (χ2v) is 10.6. The van der Waals surface area contributed by atoms with Crippen molar-refractivity contribution in [2.75, 3.05) is 37.6 Å². The number of hydrogen-bond acceptors (Lipinski definition) is 4. The summed E-state index contributed by atoms with van der Waals surface area (Å²) in [5.41, 5.74) is 2.38. The number of pyridine rings is 1. The molecular weight excluding hydrogens is 614 g/mol. The van der Waals surface area contributed by atoms with Crippen LogP contribution in [0.5, 0.6) is 0 Å². The van der Waals surface area contributed by atoms with Gasteiger partial charge < -0.3 is 14.6 Å². The molecule has 1 atom stereocenters. The molecule has 1 aliphatic heterocycles. The van der Waals surface area contributed by atoms with E-state index in [1.807, 2.05) is 18.3 Å². The van der Waals surface area contributed by atoms with Crippen molar-refractivity contribution in [3.63, 3.8) is 0 Å².